The maximum absolute atomic E-state index is 6.21. The van der Waals surface area contributed by atoms with E-state index in [0.29, 0.717) is 5.82 Å². The van der Waals surface area contributed by atoms with E-state index >= 15 is 0 Å². The third-order valence-electron chi connectivity index (χ3n) is 12.6. The largest absolute Gasteiger partial charge is 0.456 e. The van der Waals surface area contributed by atoms with Crippen molar-refractivity contribution in [3.05, 3.63) is 253 Å². The highest BCUT2D eigenvalue weighted by Gasteiger charge is 2.45. The Bertz CT molecular complexity index is 3400. The second-order valence-corrected chi connectivity index (χ2v) is 16.1. The van der Waals surface area contributed by atoms with E-state index in [9.17, 15) is 0 Å². The minimum Gasteiger partial charge on any atom is -0.456 e. The van der Waals surface area contributed by atoms with E-state index < -0.39 is 5.41 Å². The van der Waals surface area contributed by atoms with E-state index in [1.54, 1.807) is 0 Å². The van der Waals surface area contributed by atoms with Crippen LogP contribution in [0.15, 0.2) is 235 Å². The fourth-order valence-electron chi connectivity index (χ4n) is 9.68. The van der Waals surface area contributed by atoms with Crippen molar-refractivity contribution in [2.45, 2.75) is 5.41 Å². The molecule has 0 N–H and O–H groups in total. The van der Waals surface area contributed by atoms with Gasteiger partial charge in [0.05, 0.1) is 16.8 Å². The summed E-state index contributed by atoms with van der Waals surface area (Å²) in [7, 11) is 0. The SMILES string of the molecule is c1ccc(-c2nc(-c3ccc(-c4ccc5c(c4)oc4ccccc45)cc3)cc(-c3cccc(-c4ccc(C5(c6ccccc6)c6ccccc6-c6ccccc65)cc4)c3)n2)cc1. The van der Waals surface area contributed by atoms with Crippen molar-refractivity contribution in [3.8, 4) is 67.3 Å². The summed E-state index contributed by atoms with van der Waals surface area (Å²) in [6.07, 6.45) is 0. The van der Waals surface area contributed by atoms with Crippen LogP contribution in [-0.2, 0) is 5.41 Å². The monoisotopic (exact) mass is 790 g/mol. The molecule has 2 aromatic heterocycles. The lowest BCUT2D eigenvalue weighted by Crippen LogP contribution is -2.28. The van der Waals surface area contributed by atoms with Crippen molar-refractivity contribution in [1.82, 2.24) is 9.97 Å². The maximum atomic E-state index is 6.21. The molecule has 0 amide bonds. The summed E-state index contributed by atoms with van der Waals surface area (Å²) in [5.41, 5.74) is 18.3. The van der Waals surface area contributed by atoms with E-state index in [-0.39, 0.29) is 0 Å². The predicted octanol–water partition coefficient (Wildman–Crippen LogP) is 15.1. The molecular weight excluding hydrogens is 753 g/mol. The average Bonchev–Trinajstić information content (AvgIpc) is 3.88. The molecule has 0 aliphatic heterocycles. The van der Waals surface area contributed by atoms with E-state index in [1.807, 2.05) is 30.3 Å². The highest BCUT2D eigenvalue weighted by atomic mass is 16.3. The molecule has 12 rings (SSSR count). The molecule has 290 valence electrons. The van der Waals surface area contributed by atoms with Crippen molar-refractivity contribution < 1.29 is 4.42 Å². The first-order valence-electron chi connectivity index (χ1n) is 21.1. The van der Waals surface area contributed by atoms with Gasteiger partial charge in [-0.15, -0.1) is 0 Å². The average molecular weight is 791 g/mol. The maximum Gasteiger partial charge on any atom is 0.160 e. The quantitative estimate of drug-likeness (QED) is 0.161. The molecule has 0 unspecified atom stereocenters. The number of furan rings is 1. The highest BCUT2D eigenvalue weighted by Crippen LogP contribution is 2.56. The molecule has 0 fully saturated rings. The van der Waals surface area contributed by atoms with Gasteiger partial charge < -0.3 is 4.42 Å². The fraction of sp³-hybridized carbons (Fsp3) is 0.0169. The Morgan fingerprint density at radius 2 is 0.806 bits per heavy atom. The topological polar surface area (TPSA) is 38.9 Å². The summed E-state index contributed by atoms with van der Waals surface area (Å²) >= 11 is 0. The highest BCUT2D eigenvalue weighted by molar-refractivity contribution is 6.06. The number of benzene rings is 9. The Morgan fingerprint density at radius 1 is 0.306 bits per heavy atom. The molecule has 2 heterocycles. The van der Waals surface area contributed by atoms with E-state index in [0.717, 1.165) is 72.3 Å². The van der Waals surface area contributed by atoms with Gasteiger partial charge in [0.15, 0.2) is 5.82 Å². The predicted molar refractivity (Wildman–Crippen MR) is 254 cm³/mol. The van der Waals surface area contributed by atoms with E-state index in [4.69, 9.17) is 14.4 Å². The van der Waals surface area contributed by atoms with Crippen LogP contribution in [0.5, 0.6) is 0 Å². The standard InChI is InChI=1S/C59H38N2O/c1-3-14-42(15-4-1)58-60-54(41-28-26-39(27-29-41)44-32-35-51-50-22-9-12-25-56(50)62-57(51)37-44)38-55(61-58)45-17-13-16-43(36-45)40-30-33-47(34-31-40)59(46-18-5-2-6-19-46)52-23-10-7-20-48(52)49-21-8-11-24-53(49)59/h1-38H. The van der Waals surface area contributed by atoms with Crippen molar-refractivity contribution in [3.63, 3.8) is 0 Å². The molecule has 0 saturated carbocycles. The molecule has 3 heteroatoms. The molecular formula is C59H38N2O. The van der Waals surface area contributed by atoms with Gasteiger partial charge >= 0.3 is 0 Å². The number of rotatable bonds is 7. The van der Waals surface area contributed by atoms with Gasteiger partial charge in [0.1, 0.15) is 11.2 Å². The van der Waals surface area contributed by atoms with Crippen molar-refractivity contribution in [2.75, 3.05) is 0 Å². The molecule has 11 aromatic rings. The van der Waals surface area contributed by atoms with Crippen molar-refractivity contribution >= 4 is 21.9 Å². The van der Waals surface area contributed by atoms with Gasteiger partial charge in [-0.25, -0.2) is 9.97 Å². The van der Waals surface area contributed by atoms with Gasteiger partial charge in [0, 0.05) is 27.5 Å². The van der Waals surface area contributed by atoms with Crippen LogP contribution < -0.4 is 0 Å². The zero-order valence-electron chi connectivity index (χ0n) is 33.7. The number of hydrogen-bond acceptors (Lipinski definition) is 3. The molecule has 0 atom stereocenters. The van der Waals surface area contributed by atoms with Gasteiger partial charge in [-0.1, -0.05) is 200 Å². The minimum absolute atomic E-state index is 0.430. The Kier molecular flexibility index (Phi) is 8.39. The molecule has 0 bridgehead atoms. The van der Waals surface area contributed by atoms with Crippen LogP contribution in [-0.4, -0.2) is 9.97 Å². The molecule has 1 aliphatic carbocycles. The van der Waals surface area contributed by atoms with Crippen LogP contribution in [0.4, 0.5) is 0 Å². The Morgan fingerprint density at radius 3 is 1.53 bits per heavy atom. The summed E-state index contributed by atoms with van der Waals surface area (Å²) in [5.74, 6) is 0.690. The molecule has 0 spiro atoms. The summed E-state index contributed by atoms with van der Waals surface area (Å²) in [4.78, 5) is 10.3. The van der Waals surface area contributed by atoms with Gasteiger partial charge in [0.2, 0.25) is 0 Å². The third kappa shape index (κ3) is 5.82. The van der Waals surface area contributed by atoms with E-state index in [1.165, 1.54) is 33.4 Å². The second-order valence-electron chi connectivity index (χ2n) is 16.1. The summed E-state index contributed by atoms with van der Waals surface area (Å²) in [5, 5.41) is 2.26. The van der Waals surface area contributed by atoms with Crippen LogP contribution >= 0.6 is 0 Å². The Hall–Kier alpha value is -8.14. The molecule has 1 aliphatic rings. The van der Waals surface area contributed by atoms with Gasteiger partial charge in [0.25, 0.3) is 0 Å². The van der Waals surface area contributed by atoms with Crippen LogP contribution in [0.25, 0.3) is 89.2 Å². The minimum atomic E-state index is -0.430. The zero-order chi connectivity index (χ0) is 41.0. The van der Waals surface area contributed by atoms with Crippen molar-refractivity contribution in [2.24, 2.45) is 0 Å². The number of fused-ring (bicyclic) bond motifs is 6. The van der Waals surface area contributed by atoms with Crippen molar-refractivity contribution in [1.29, 1.82) is 0 Å². The lowest BCUT2D eigenvalue weighted by Gasteiger charge is -2.34. The number of nitrogens with zero attached hydrogens (tertiary/aromatic N) is 2. The number of hydrogen-bond donors (Lipinski definition) is 0. The zero-order valence-corrected chi connectivity index (χ0v) is 33.7. The molecule has 9 aromatic carbocycles. The molecule has 62 heavy (non-hydrogen) atoms. The van der Waals surface area contributed by atoms with Gasteiger partial charge in [-0.2, -0.15) is 0 Å². The summed E-state index contributed by atoms with van der Waals surface area (Å²) in [6, 6.07) is 82.3. The normalized spacial score (nSPS) is 12.6. The lowest BCUT2D eigenvalue weighted by atomic mass is 9.67. The van der Waals surface area contributed by atoms with Crippen LogP contribution in [0, 0.1) is 0 Å². The number of aromatic nitrogens is 2. The molecule has 3 nitrogen and oxygen atoms in total. The van der Waals surface area contributed by atoms with E-state index in [2.05, 4.69) is 200 Å². The number of para-hydroxylation sites is 1. The first-order valence-corrected chi connectivity index (χ1v) is 21.1. The van der Waals surface area contributed by atoms with Crippen LogP contribution in [0.3, 0.4) is 0 Å². The fourth-order valence-corrected chi connectivity index (χ4v) is 9.68. The smallest absolute Gasteiger partial charge is 0.160 e. The lowest BCUT2D eigenvalue weighted by molar-refractivity contribution is 0.669. The van der Waals surface area contributed by atoms with Crippen LogP contribution in [0.2, 0.25) is 0 Å². The first kappa shape index (κ1) is 35.8. The Labute approximate surface area is 360 Å². The Balaban J connectivity index is 0.913. The summed E-state index contributed by atoms with van der Waals surface area (Å²) in [6.45, 7) is 0. The second kappa shape index (κ2) is 14.5. The van der Waals surface area contributed by atoms with Gasteiger partial charge in [-0.05, 0) is 86.0 Å². The third-order valence-corrected chi connectivity index (χ3v) is 12.6. The first-order chi connectivity index (χ1) is 30.7. The van der Waals surface area contributed by atoms with Crippen LogP contribution in [0.1, 0.15) is 22.3 Å². The molecule has 0 saturated heterocycles. The molecule has 0 radical (unpaired) electrons. The summed E-state index contributed by atoms with van der Waals surface area (Å²) < 4.78 is 6.21. The van der Waals surface area contributed by atoms with Gasteiger partial charge in [-0.3, -0.25) is 0 Å².